The fourth-order valence-electron chi connectivity index (χ4n) is 5.20. The minimum Gasteiger partial charge on any atom is -0.497 e. The maximum atomic E-state index is 13.6. The predicted octanol–water partition coefficient (Wildman–Crippen LogP) is 4.94. The van der Waals surface area contributed by atoms with Gasteiger partial charge in [0.2, 0.25) is 0 Å². The second-order valence-electron chi connectivity index (χ2n) is 8.89. The molecular formula is C26H33NO5. The molecule has 2 aliphatic carbocycles. The lowest BCUT2D eigenvalue weighted by molar-refractivity contribution is -0.145. The molecule has 1 heterocycles. The van der Waals surface area contributed by atoms with Crippen molar-refractivity contribution in [2.45, 2.75) is 76.7 Å². The van der Waals surface area contributed by atoms with Crippen molar-refractivity contribution in [3.05, 3.63) is 46.3 Å². The van der Waals surface area contributed by atoms with Crippen molar-refractivity contribution in [1.82, 2.24) is 5.32 Å². The Balaban J connectivity index is 1.79. The molecule has 1 aromatic rings. The fraction of sp³-hybridized carbons (Fsp3) is 0.538. The number of rotatable bonds is 5. The Morgan fingerprint density at radius 3 is 2.44 bits per heavy atom. The van der Waals surface area contributed by atoms with Crippen LogP contribution in [-0.4, -0.2) is 32.1 Å². The van der Waals surface area contributed by atoms with E-state index in [-0.39, 0.29) is 17.9 Å². The van der Waals surface area contributed by atoms with Gasteiger partial charge >= 0.3 is 5.97 Å². The monoisotopic (exact) mass is 439 g/mol. The first-order valence-electron chi connectivity index (χ1n) is 11.7. The minimum atomic E-state index is -0.539. The third kappa shape index (κ3) is 4.41. The summed E-state index contributed by atoms with van der Waals surface area (Å²) in [7, 11) is 3.21. The van der Waals surface area contributed by atoms with Crippen molar-refractivity contribution < 1.29 is 23.8 Å². The number of allylic oxidation sites excluding steroid dienone is 3. The topological polar surface area (TPSA) is 73.9 Å². The van der Waals surface area contributed by atoms with Crippen LogP contribution < -0.4 is 14.8 Å². The second-order valence-corrected chi connectivity index (χ2v) is 8.89. The minimum absolute atomic E-state index is 0.0703. The maximum Gasteiger partial charge on any atom is 0.337 e. The van der Waals surface area contributed by atoms with Crippen molar-refractivity contribution >= 4 is 11.8 Å². The van der Waals surface area contributed by atoms with Gasteiger partial charge in [0.05, 0.1) is 25.7 Å². The van der Waals surface area contributed by atoms with Crippen molar-refractivity contribution in [1.29, 1.82) is 0 Å². The highest BCUT2D eigenvalue weighted by molar-refractivity contribution is 6.04. The number of dihydropyridines is 1. The van der Waals surface area contributed by atoms with E-state index in [9.17, 15) is 9.59 Å². The molecule has 32 heavy (non-hydrogen) atoms. The highest BCUT2D eigenvalue weighted by Crippen LogP contribution is 2.46. The first-order valence-corrected chi connectivity index (χ1v) is 11.7. The number of methoxy groups -OCH3 is 2. The van der Waals surface area contributed by atoms with Crippen LogP contribution in [0.25, 0.3) is 0 Å². The number of nitrogens with one attached hydrogen (secondary N) is 1. The first-order chi connectivity index (χ1) is 15.5. The predicted molar refractivity (Wildman–Crippen MR) is 122 cm³/mol. The number of benzene rings is 1. The summed E-state index contributed by atoms with van der Waals surface area (Å²) in [5.74, 6) is 0.458. The Kier molecular flexibility index (Phi) is 6.87. The summed E-state index contributed by atoms with van der Waals surface area (Å²) < 4.78 is 17.2. The Labute approximate surface area is 190 Å². The number of Topliss-reactive ketones (excluding diaryl/α,β-unsaturated/α-hetero) is 1. The summed E-state index contributed by atoms with van der Waals surface area (Å²) >= 11 is 0. The third-order valence-corrected chi connectivity index (χ3v) is 6.82. The molecular weight excluding hydrogens is 406 g/mol. The molecule has 0 amide bonds. The molecule has 3 aliphatic rings. The summed E-state index contributed by atoms with van der Waals surface area (Å²) in [5.41, 5.74) is 3.55. The van der Waals surface area contributed by atoms with Crippen LogP contribution in [0.2, 0.25) is 0 Å². The molecule has 6 nitrogen and oxygen atoms in total. The number of esters is 1. The highest BCUT2D eigenvalue weighted by Gasteiger charge is 2.41. The van der Waals surface area contributed by atoms with Crippen LogP contribution in [0.4, 0.5) is 0 Å². The van der Waals surface area contributed by atoms with Crippen LogP contribution in [0.5, 0.6) is 11.5 Å². The van der Waals surface area contributed by atoms with E-state index in [0.717, 1.165) is 55.5 Å². The molecule has 1 atom stereocenters. The van der Waals surface area contributed by atoms with Gasteiger partial charge in [-0.25, -0.2) is 4.79 Å². The molecule has 0 spiro atoms. The van der Waals surface area contributed by atoms with E-state index in [2.05, 4.69) is 5.32 Å². The quantitative estimate of drug-likeness (QED) is 0.518. The summed E-state index contributed by atoms with van der Waals surface area (Å²) in [6, 6.07) is 5.52. The molecule has 4 rings (SSSR count). The van der Waals surface area contributed by atoms with Crippen molar-refractivity contribution in [3.8, 4) is 11.5 Å². The molecule has 172 valence electrons. The van der Waals surface area contributed by atoms with Crippen molar-refractivity contribution in [2.75, 3.05) is 14.2 Å². The summed E-state index contributed by atoms with van der Waals surface area (Å²) in [6.45, 7) is 1.90. The molecule has 1 aliphatic heterocycles. The van der Waals surface area contributed by atoms with Gasteiger partial charge in [0.1, 0.15) is 17.6 Å². The number of carbonyl (C=O) groups is 2. The lowest BCUT2D eigenvalue weighted by atomic mass is 9.75. The number of hydrogen-bond donors (Lipinski definition) is 1. The van der Waals surface area contributed by atoms with E-state index in [1.807, 2.05) is 25.1 Å². The molecule has 1 fully saturated rings. The van der Waals surface area contributed by atoms with Gasteiger partial charge in [0.25, 0.3) is 0 Å². The van der Waals surface area contributed by atoms with Gasteiger partial charge in [-0.1, -0.05) is 12.8 Å². The zero-order valence-corrected chi connectivity index (χ0v) is 19.3. The number of carbonyl (C=O) groups excluding carboxylic acids is 2. The zero-order chi connectivity index (χ0) is 22.7. The summed E-state index contributed by atoms with van der Waals surface area (Å²) in [4.78, 5) is 26.7. The molecule has 1 aromatic carbocycles. The van der Waals surface area contributed by atoms with Crippen LogP contribution in [0.1, 0.15) is 76.2 Å². The largest absolute Gasteiger partial charge is 0.497 e. The highest BCUT2D eigenvalue weighted by atomic mass is 16.5. The van der Waals surface area contributed by atoms with Crippen LogP contribution in [0.15, 0.2) is 40.7 Å². The molecule has 0 saturated heterocycles. The molecule has 0 aromatic heterocycles. The van der Waals surface area contributed by atoms with E-state index in [0.29, 0.717) is 29.1 Å². The van der Waals surface area contributed by atoms with Crippen molar-refractivity contribution in [2.24, 2.45) is 0 Å². The van der Waals surface area contributed by atoms with Gasteiger partial charge in [-0.05, 0) is 63.6 Å². The van der Waals surface area contributed by atoms with Gasteiger partial charge in [0, 0.05) is 29.0 Å². The van der Waals surface area contributed by atoms with E-state index in [1.54, 1.807) is 14.2 Å². The summed E-state index contributed by atoms with van der Waals surface area (Å²) in [5, 5.41) is 3.36. The lowest BCUT2D eigenvalue weighted by Crippen LogP contribution is -2.35. The van der Waals surface area contributed by atoms with Crippen LogP contribution in [0, 0.1) is 0 Å². The fourth-order valence-corrected chi connectivity index (χ4v) is 5.20. The SMILES string of the molecule is COc1ccc(OC)c([C@H]2C(C(=O)OC3CCCCCC3)=C(C)NC3=C2C(=O)CCC3)c1. The van der Waals surface area contributed by atoms with E-state index < -0.39 is 5.92 Å². The molecule has 0 bridgehead atoms. The number of ketones is 1. The Hall–Kier alpha value is -2.76. The van der Waals surface area contributed by atoms with Crippen molar-refractivity contribution in [3.63, 3.8) is 0 Å². The first kappa shape index (κ1) is 22.4. The van der Waals surface area contributed by atoms with E-state index in [1.165, 1.54) is 12.8 Å². The van der Waals surface area contributed by atoms with Gasteiger partial charge in [-0.15, -0.1) is 0 Å². The smallest absolute Gasteiger partial charge is 0.337 e. The zero-order valence-electron chi connectivity index (χ0n) is 19.3. The number of ether oxygens (including phenoxy) is 3. The molecule has 1 N–H and O–H groups in total. The van der Waals surface area contributed by atoms with E-state index in [4.69, 9.17) is 14.2 Å². The normalized spacial score (nSPS) is 22.1. The van der Waals surface area contributed by atoms with Crippen LogP contribution in [-0.2, 0) is 14.3 Å². The van der Waals surface area contributed by atoms with Crippen LogP contribution >= 0.6 is 0 Å². The number of hydrogen-bond acceptors (Lipinski definition) is 6. The summed E-state index contributed by atoms with van der Waals surface area (Å²) in [6.07, 6.45) is 8.32. The second kappa shape index (κ2) is 9.80. The van der Waals surface area contributed by atoms with Gasteiger partial charge in [-0.3, -0.25) is 4.79 Å². The molecule has 0 radical (unpaired) electrons. The Morgan fingerprint density at radius 1 is 1.00 bits per heavy atom. The Bertz CT molecular complexity index is 953. The standard InChI is InChI=1S/C26H33NO5/c1-16-23(26(29)32-17-9-6-4-5-7-10-17)24(25-20(27-16)11-8-12-21(25)28)19-15-18(30-2)13-14-22(19)31-3/h13-15,17,24,27H,4-12H2,1-3H3/t24-/m0/s1. The third-order valence-electron chi connectivity index (χ3n) is 6.82. The molecule has 0 unspecified atom stereocenters. The van der Waals surface area contributed by atoms with Crippen LogP contribution in [0.3, 0.4) is 0 Å². The van der Waals surface area contributed by atoms with Gasteiger partial charge < -0.3 is 19.5 Å². The Morgan fingerprint density at radius 2 is 1.75 bits per heavy atom. The molecule has 1 saturated carbocycles. The maximum absolute atomic E-state index is 13.6. The molecule has 6 heteroatoms. The lowest BCUT2D eigenvalue weighted by Gasteiger charge is -2.35. The average molecular weight is 440 g/mol. The average Bonchev–Trinajstić information content (AvgIpc) is 3.06. The van der Waals surface area contributed by atoms with E-state index >= 15 is 0 Å². The van der Waals surface area contributed by atoms with Gasteiger partial charge in [-0.2, -0.15) is 0 Å². The van der Waals surface area contributed by atoms with Gasteiger partial charge in [0.15, 0.2) is 5.78 Å².